The molecule has 154 valence electrons. The number of nitrogens with one attached hydrogen (secondary N) is 2. The quantitative estimate of drug-likeness (QED) is 0.673. The minimum atomic E-state index is -0.261. The molecule has 0 aromatic rings. The second-order valence-electron chi connectivity index (χ2n) is 7.99. The molecule has 3 saturated heterocycles. The van der Waals surface area contributed by atoms with Crippen LogP contribution in [0.1, 0.15) is 32.6 Å². The molecular formula is C19H35N5O3. The van der Waals surface area contributed by atoms with Gasteiger partial charge in [-0.2, -0.15) is 0 Å². The van der Waals surface area contributed by atoms with Crippen LogP contribution < -0.4 is 10.6 Å². The Morgan fingerprint density at radius 2 is 1.78 bits per heavy atom. The Morgan fingerprint density at radius 1 is 1.07 bits per heavy atom. The van der Waals surface area contributed by atoms with E-state index in [0.29, 0.717) is 12.6 Å². The molecule has 2 atom stereocenters. The van der Waals surface area contributed by atoms with E-state index in [1.54, 1.807) is 0 Å². The molecule has 0 aromatic carbocycles. The minimum absolute atomic E-state index is 0.0394. The number of rotatable bonds is 4. The Morgan fingerprint density at radius 3 is 2.44 bits per heavy atom. The van der Waals surface area contributed by atoms with Crippen LogP contribution in [0.3, 0.4) is 0 Å². The maximum Gasteiger partial charge on any atom is 0.322 e. The molecule has 2 amide bonds. The number of hydrogen-bond donors (Lipinski definition) is 2. The molecule has 3 aliphatic heterocycles. The van der Waals surface area contributed by atoms with Crippen molar-refractivity contribution < 1.29 is 14.3 Å². The monoisotopic (exact) mass is 381 g/mol. The van der Waals surface area contributed by atoms with E-state index < -0.39 is 0 Å². The van der Waals surface area contributed by atoms with E-state index in [1.165, 1.54) is 20.0 Å². The molecular weight excluding hydrogens is 346 g/mol. The number of methoxy groups -OCH3 is 1. The van der Waals surface area contributed by atoms with E-state index in [1.807, 2.05) is 11.8 Å². The summed E-state index contributed by atoms with van der Waals surface area (Å²) in [5.74, 6) is -0.212. The van der Waals surface area contributed by atoms with Crippen LogP contribution in [0.2, 0.25) is 0 Å². The van der Waals surface area contributed by atoms with Gasteiger partial charge < -0.3 is 20.3 Å². The Hall–Kier alpha value is -1.38. The van der Waals surface area contributed by atoms with E-state index in [4.69, 9.17) is 4.74 Å². The lowest BCUT2D eigenvalue weighted by Gasteiger charge is -2.41. The fraction of sp³-hybridized carbons (Fsp3) is 0.895. The van der Waals surface area contributed by atoms with Gasteiger partial charge in [0.1, 0.15) is 6.04 Å². The standard InChI is InChI=1S/C19H35N5O3/c1-15(18(25)27-2)24-9-3-4-16(14-24)21-19(26)23-12-10-22(11-13-23)17-5-7-20-8-6-17/h15-17,20H,3-14H2,1-2H3,(H,21,26). The van der Waals surface area contributed by atoms with Gasteiger partial charge in [-0.1, -0.05) is 0 Å². The van der Waals surface area contributed by atoms with Crippen LogP contribution >= 0.6 is 0 Å². The molecule has 3 rings (SSSR count). The van der Waals surface area contributed by atoms with E-state index in [2.05, 4.69) is 20.4 Å². The van der Waals surface area contributed by atoms with Gasteiger partial charge in [-0.05, 0) is 52.2 Å². The van der Waals surface area contributed by atoms with Crippen molar-refractivity contribution in [3.63, 3.8) is 0 Å². The molecule has 0 aromatic heterocycles. The molecule has 0 saturated carbocycles. The first-order valence-electron chi connectivity index (χ1n) is 10.4. The van der Waals surface area contributed by atoms with Gasteiger partial charge in [-0.15, -0.1) is 0 Å². The van der Waals surface area contributed by atoms with Crippen LogP contribution in [0.4, 0.5) is 4.79 Å². The second kappa shape index (κ2) is 9.71. The lowest BCUT2D eigenvalue weighted by atomic mass is 10.0. The highest BCUT2D eigenvalue weighted by Gasteiger charge is 2.31. The van der Waals surface area contributed by atoms with Crippen LogP contribution in [0.5, 0.6) is 0 Å². The Kier molecular flexibility index (Phi) is 7.32. The van der Waals surface area contributed by atoms with Crippen LogP contribution in [0.25, 0.3) is 0 Å². The van der Waals surface area contributed by atoms with Gasteiger partial charge in [0.15, 0.2) is 0 Å². The number of ether oxygens (including phenoxy) is 1. The lowest BCUT2D eigenvalue weighted by Crippen LogP contribution is -2.58. The highest BCUT2D eigenvalue weighted by molar-refractivity contribution is 5.75. The molecule has 8 nitrogen and oxygen atoms in total. The number of carbonyl (C=O) groups is 2. The molecule has 0 radical (unpaired) electrons. The molecule has 3 fully saturated rings. The third-order valence-corrected chi connectivity index (χ3v) is 6.30. The largest absolute Gasteiger partial charge is 0.468 e. The Balaban J connectivity index is 1.43. The number of hydrogen-bond acceptors (Lipinski definition) is 6. The fourth-order valence-corrected chi connectivity index (χ4v) is 4.52. The van der Waals surface area contributed by atoms with Crippen molar-refractivity contribution in [3.8, 4) is 0 Å². The number of likely N-dealkylation sites (tertiary alicyclic amines) is 1. The second-order valence-corrected chi connectivity index (χ2v) is 7.99. The number of piperazine rings is 1. The summed E-state index contributed by atoms with van der Waals surface area (Å²) in [6, 6.07) is 0.546. The first kappa shape index (κ1) is 20.4. The third kappa shape index (κ3) is 5.33. The summed E-state index contributed by atoms with van der Waals surface area (Å²) in [6.45, 7) is 9.18. The van der Waals surface area contributed by atoms with Crippen LogP contribution in [0.15, 0.2) is 0 Å². The van der Waals surface area contributed by atoms with Gasteiger partial charge in [0.05, 0.1) is 7.11 Å². The lowest BCUT2D eigenvalue weighted by molar-refractivity contribution is -0.146. The number of nitrogens with zero attached hydrogens (tertiary/aromatic N) is 3. The SMILES string of the molecule is COC(=O)C(C)N1CCCC(NC(=O)N2CCN(C3CCNCC3)CC2)C1. The third-order valence-electron chi connectivity index (χ3n) is 6.30. The molecule has 2 unspecified atom stereocenters. The number of esters is 1. The molecule has 3 aliphatic rings. The van der Waals surface area contributed by atoms with Crippen molar-refractivity contribution >= 4 is 12.0 Å². The van der Waals surface area contributed by atoms with Crippen LogP contribution in [0, 0.1) is 0 Å². The first-order chi connectivity index (χ1) is 13.1. The molecule has 0 aliphatic carbocycles. The van der Waals surface area contributed by atoms with Gasteiger partial charge in [0, 0.05) is 44.8 Å². The van der Waals surface area contributed by atoms with Gasteiger partial charge >= 0.3 is 12.0 Å². The molecule has 0 spiro atoms. The van der Waals surface area contributed by atoms with Crippen molar-refractivity contribution in [3.05, 3.63) is 0 Å². The summed E-state index contributed by atoms with van der Waals surface area (Å²) >= 11 is 0. The maximum absolute atomic E-state index is 12.7. The van der Waals surface area contributed by atoms with E-state index in [9.17, 15) is 9.59 Å². The van der Waals surface area contributed by atoms with Crippen molar-refractivity contribution in [2.24, 2.45) is 0 Å². The zero-order valence-electron chi connectivity index (χ0n) is 16.8. The zero-order valence-corrected chi connectivity index (χ0v) is 16.8. The van der Waals surface area contributed by atoms with E-state index in [0.717, 1.165) is 58.7 Å². The fourth-order valence-electron chi connectivity index (χ4n) is 4.52. The minimum Gasteiger partial charge on any atom is -0.468 e. The van der Waals surface area contributed by atoms with Gasteiger partial charge in [0.2, 0.25) is 0 Å². The number of urea groups is 1. The molecule has 2 N–H and O–H groups in total. The van der Waals surface area contributed by atoms with E-state index >= 15 is 0 Å². The van der Waals surface area contributed by atoms with Crippen LogP contribution in [-0.4, -0.2) is 104 Å². The summed E-state index contributed by atoms with van der Waals surface area (Å²) < 4.78 is 4.85. The number of piperidine rings is 2. The average molecular weight is 382 g/mol. The van der Waals surface area contributed by atoms with E-state index in [-0.39, 0.29) is 24.1 Å². The predicted molar refractivity (Wildman–Crippen MR) is 104 cm³/mol. The highest BCUT2D eigenvalue weighted by atomic mass is 16.5. The van der Waals surface area contributed by atoms with Crippen molar-refractivity contribution in [1.29, 1.82) is 0 Å². The smallest absolute Gasteiger partial charge is 0.322 e. The summed E-state index contributed by atoms with van der Waals surface area (Å²) in [6.07, 6.45) is 4.37. The molecule has 27 heavy (non-hydrogen) atoms. The normalized spacial score (nSPS) is 27.2. The van der Waals surface area contributed by atoms with Gasteiger partial charge in [-0.25, -0.2) is 4.79 Å². The number of carbonyl (C=O) groups excluding carboxylic acids is 2. The summed E-state index contributed by atoms with van der Waals surface area (Å²) in [5.41, 5.74) is 0. The van der Waals surface area contributed by atoms with Gasteiger partial charge in [0.25, 0.3) is 0 Å². The molecule has 3 heterocycles. The Bertz CT molecular complexity index is 504. The van der Waals surface area contributed by atoms with Crippen LogP contribution in [-0.2, 0) is 9.53 Å². The topological polar surface area (TPSA) is 77.2 Å². The highest BCUT2D eigenvalue weighted by Crippen LogP contribution is 2.16. The summed E-state index contributed by atoms with van der Waals surface area (Å²) in [5, 5.41) is 6.60. The zero-order chi connectivity index (χ0) is 19.2. The Labute approximate surface area is 162 Å². The molecule has 0 bridgehead atoms. The predicted octanol–water partition coefficient (Wildman–Crippen LogP) is 0.0915. The maximum atomic E-state index is 12.7. The average Bonchev–Trinajstić information content (AvgIpc) is 2.73. The van der Waals surface area contributed by atoms with Crippen molar-refractivity contribution in [2.45, 2.75) is 50.7 Å². The molecule has 8 heteroatoms. The summed E-state index contributed by atoms with van der Waals surface area (Å²) in [4.78, 5) is 31.1. The van der Waals surface area contributed by atoms with Gasteiger partial charge in [-0.3, -0.25) is 14.6 Å². The summed E-state index contributed by atoms with van der Waals surface area (Å²) in [7, 11) is 1.42. The van der Waals surface area contributed by atoms with Crippen molar-refractivity contribution in [1.82, 2.24) is 25.3 Å². The van der Waals surface area contributed by atoms with Crippen molar-refractivity contribution in [2.75, 3.05) is 59.5 Å². The number of amides is 2. The first-order valence-corrected chi connectivity index (χ1v) is 10.4.